The molecular formula is C21H12ClN5OS. The second-order valence-corrected chi connectivity index (χ2v) is 7.52. The van der Waals surface area contributed by atoms with Gasteiger partial charge < -0.3 is 14.4 Å². The Hall–Kier alpha value is -3.47. The topological polar surface area (TPSA) is 93.6 Å². The molecule has 6 nitrogen and oxygen atoms in total. The van der Waals surface area contributed by atoms with E-state index in [0.717, 1.165) is 28.1 Å². The lowest BCUT2D eigenvalue weighted by molar-refractivity contribution is 1.28. The van der Waals surface area contributed by atoms with E-state index in [1.807, 2.05) is 30.3 Å². The maximum absolute atomic E-state index is 12.4. The number of H-pyrrole nitrogens is 1. The minimum atomic E-state index is -0.118. The Labute approximate surface area is 174 Å². The molecule has 3 heterocycles. The summed E-state index contributed by atoms with van der Waals surface area (Å²) in [4.78, 5) is 20.2. The first-order valence-electron chi connectivity index (χ1n) is 8.69. The fourth-order valence-electron chi connectivity index (χ4n) is 3.35. The van der Waals surface area contributed by atoms with Crippen LogP contribution in [-0.4, -0.2) is 9.97 Å². The lowest BCUT2D eigenvalue weighted by Crippen LogP contribution is -2.03. The van der Waals surface area contributed by atoms with Crippen molar-refractivity contribution in [2.24, 2.45) is 0 Å². The molecule has 140 valence electrons. The molecule has 1 aliphatic rings. The molecule has 2 aromatic carbocycles. The van der Waals surface area contributed by atoms with E-state index in [2.05, 4.69) is 20.5 Å². The van der Waals surface area contributed by atoms with Crippen LogP contribution in [0.1, 0.15) is 5.56 Å². The van der Waals surface area contributed by atoms with Crippen LogP contribution in [0, 0.1) is 11.3 Å². The van der Waals surface area contributed by atoms with Crippen molar-refractivity contribution in [3.8, 4) is 28.5 Å². The molecule has 29 heavy (non-hydrogen) atoms. The van der Waals surface area contributed by atoms with E-state index in [-0.39, 0.29) is 5.43 Å². The lowest BCUT2D eigenvalue weighted by Gasteiger charge is -2.13. The SMILES string of the molecule is N#Cc1cccc(-c2nc3[nH]ccc(=O)c3cc2-c2cc(Cl)c3c(c2)NSN3)c1. The molecule has 0 fully saturated rings. The van der Waals surface area contributed by atoms with Gasteiger partial charge in [0.1, 0.15) is 5.65 Å². The molecule has 0 bridgehead atoms. The molecule has 0 amide bonds. The highest BCUT2D eigenvalue weighted by atomic mass is 35.5. The Morgan fingerprint density at radius 2 is 1.97 bits per heavy atom. The quantitative estimate of drug-likeness (QED) is 0.389. The first-order valence-corrected chi connectivity index (χ1v) is 9.88. The van der Waals surface area contributed by atoms with Gasteiger partial charge in [-0.2, -0.15) is 5.26 Å². The number of aromatic amines is 1. The van der Waals surface area contributed by atoms with Gasteiger partial charge in [-0.1, -0.05) is 23.7 Å². The van der Waals surface area contributed by atoms with Gasteiger partial charge in [0, 0.05) is 23.4 Å². The Balaban J connectivity index is 1.84. The van der Waals surface area contributed by atoms with Crippen molar-refractivity contribution in [2.45, 2.75) is 0 Å². The number of anilines is 2. The Morgan fingerprint density at radius 1 is 1.07 bits per heavy atom. The van der Waals surface area contributed by atoms with Crippen molar-refractivity contribution in [3.05, 3.63) is 75.5 Å². The zero-order chi connectivity index (χ0) is 20.0. The van der Waals surface area contributed by atoms with E-state index >= 15 is 0 Å². The summed E-state index contributed by atoms with van der Waals surface area (Å²) in [5.74, 6) is 0. The van der Waals surface area contributed by atoms with Gasteiger partial charge in [-0.25, -0.2) is 4.98 Å². The molecule has 0 atom stereocenters. The maximum atomic E-state index is 12.4. The average Bonchev–Trinajstić information content (AvgIpc) is 3.23. The second kappa shape index (κ2) is 6.85. The van der Waals surface area contributed by atoms with Crippen molar-refractivity contribution in [1.29, 1.82) is 5.26 Å². The smallest absolute Gasteiger partial charge is 0.191 e. The zero-order valence-corrected chi connectivity index (χ0v) is 16.4. The third-order valence-corrected chi connectivity index (χ3v) is 5.65. The van der Waals surface area contributed by atoms with E-state index in [1.165, 1.54) is 18.2 Å². The minimum absolute atomic E-state index is 0.118. The van der Waals surface area contributed by atoms with Crippen LogP contribution >= 0.6 is 23.7 Å². The number of nitrogens with one attached hydrogen (secondary N) is 3. The summed E-state index contributed by atoms with van der Waals surface area (Å²) < 4.78 is 6.28. The molecule has 0 aliphatic carbocycles. The van der Waals surface area contributed by atoms with Crippen LogP contribution in [0.3, 0.4) is 0 Å². The standard InChI is InChI=1S/C21H12ClN5OS/c22-16-7-13(8-17-20(16)27-29-26-17)14-9-15-18(28)4-5-24-21(15)25-19(14)12-3-1-2-11(6-12)10-23/h1-9,26-27H,(H,24,25,28). The molecule has 0 spiro atoms. The molecule has 0 unspecified atom stereocenters. The fraction of sp³-hybridized carbons (Fsp3) is 0. The van der Waals surface area contributed by atoms with Crippen molar-refractivity contribution in [1.82, 2.24) is 9.97 Å². The molecule has 1 aliphatic heterocycles. The summed E-state index contributed by atoms with van der Waals surface area (Å²) in [6, 6.07) is 16.5. The highest BCUT2D eigenvalue weighted by Gasteiger charge is 2.19. The Bertz CT molecular complexity index is 1390. The van der Waals surface area contributed by atoms with Crippen molar-refractivity contribution in [3.63, 3.8) is 0 Å². The van der Waals surface area contributed by atoms with E-state index in [1.54, 1.807) is 18.3 Å². The van der Waals surface area contributed by atoms with Crippen LogP contribution in [-0.2, 0) is 0 Å². The summed E-state index contributed by atoms with van der Waals surface area (Å²) in [7, 11) is 0. The van der Waals surface area contributed by atoms with Crippen molar-refractivity contribution in [2.75, 3.05) is 9.44 Å². The Kier molecular flexibility index (Phi) is 4.16. The van der Waals surface area contributed by atoms with Crippen LogP contribution in [0.25, 0.3) is 33.4 Å². The number of halogens is 1. The van der Waals surface area contributed by atoms with E-state index < -0.39 is 0 Å². The first kappa shape index (κ1) is 17.6. The molecule has 5 rings (SSSR count). The summed E-state index contributed by atoms with van der Waals surface area (Å²) in [5.41, 5.74) is 5.60. The van der Waals surface area contributed by atoms with Crippen LogP contribution < -0.4 is 14.9 Å². The summed E-state index contributed by atoms with van der Waals surface area (Å²) in [6.07, 6.45) is 1.58. The number of pyridine rings is 2. The van der Waals surface area contributed by atoms with Crippen LogP contribution in [0.5, 0.6) is 0 Å². The van der Waals surface area contributed by atoms with Crippen molar-refractivity contribution >= 4 is 46.1 Å². The number of hydrogen-bond acceptors (Lipinski definition) is 6. The molecule has 0 saturated heterocycles. The van der Waals surface area contributed by atoms with Gasteiger partial charge >= 0.3 is 0 Å². The fourth-order valence-corrected chi connectivity index (χ4v) is 4.32. The van der Waals surface area contributed by atoms with Crippen molar-refractivity contribution < 1.29 is 0 Å². The second-order valence-electron chi connectivity index (χ2n) is 6.50. The number of hydrogen-bond donors (Lipinski definition) is 3. The van der Waals surface area contributed by atoms with Crippen LogP contribution in [0.4, 0.5) is 11.4 Å². The molecule has 3 N–H and O–H groups in total. The van der Waals surface area contributed by atoms with E-state index in [4.69, 9.17) is 16.6 Å². The first-order chi connectivity index (χ1) is 14.1. The van der Waals surface area contributed by atoms with Gasteiger partial charge in [-0.05, 0) is 35.9 Å². The van der Waals surface area contributed by atoms with Crippen LogP contribution in [0.2, 0.25) is 5.02 Å². The molecule has 0 saturated carbocycles. The largest absolute Gasteiger partial charge is 0.346 e. The number of nitrogens with zero attached hydrogens (tertiary/aromatic N) is 2. The molecular weight excluding hydrogens is 406 g/mol. The van der Waals surface area contributed by atoms with E-state index in [0.29, 0.717) is 27.3 Å². The Morgan fingerprint density at radius 3 is 2.83 bits per heavy atom. The lowest BCUT2D eigenvalue weighted by atomic mass is 9.96. The maximum Gasteiger partial charge on any atom is 0.191 e. The molecule has 8 heteroatoms. The minimum Gasteiger partial charge on any atom is -0.346 e. The average molecular weight is 418 g/mol. The highest BCUT2D eigenvalue weighted by molar-refractivity contribution is 8.02. The van der Waals surface area contributed by atoms with Gasteiger partial charge in [0.15, 0.2) is 5.43 Å². The third-order valence-electron chi connectivity index (χ3n) is 4.72. The number of rotatable bonds is 2. The molecule has 4 aromatic rings. The molecule has 2 aromatic heterocycles. The van der Waals surface area contributed by atoms with Gasteiger partial charge in [0.2, 0.25) is 0 Å². The predicted octanol–water partition coefficient (Wildman–Crippen LogP) is 5.18. The van der Waals surface area contributed by atoms with Gasteiger partial charge in [0.05, 0.1) is 51.2 Å². The van der Waals surface area contributed by atoms with Gasteiger partial charge in [-0.15, -0.1) is 0 Å². The summed E-state index contributed by atoms with van der Waals surface area (Å²) in [5, 5.41) is 10.3. The normalized spacial score (nSPS) is 12.1. The third kappa shape index (κ3) is 2.99. The molecule has 0 radical (unpaired) electrons. The summed E-state index contributed by atoms with van der Waals surface area (Å²) in [6.45, 7) is 0. The number of fused-ring (bicyclic) bond motifs is 2. The van der Waals surface area contributed by atoms with Gasteiger partial charge in [0.25, 0.3) is 0 Å². The summed E-state index contributed by atoms with van der Waals surface area (Å²) >= 11 is 7.81. The number of nitriles is 1. The van der Waals surface area contributed by atoms with E-state index in [9.17, 15) is 10.1 Å². The van der Waals surface area contributed by atoms with Gasteiger partial charge in [-0.3, -0.25) is 4.79 Å². The predicted molar refractivity (Wildman–Crippen MR) is 118 cm³/mol. The van der Waals surface area contributed by atoms with Crippen LogP contribution in [0.15, 0.2) is 59.5 Å². The zero-order valence-electron chi connectivity index (χ0n) is 14.8. The number of benzene rings is 2. The highest BCUT2D eigenvalue weighted by Crippen LogP contribution is 2.43. The number of aromatic nitrogens is 2. The monoisotopic (exact) mass is 417 g/mol.